The summed E-state index contributed by atoms with van der Waals surface area (Å²) in [6.45, 7) is 2.15. The zero-order valence-corrected chi connectivity index (χ0v) is 15.2. The van der Waals surface area contributed by atoms with Gasteiger partial charge in [0.1, 0.15) is 10.4 Å². The first-order valence-corrected chi connectivity index (χ1v) is 9.40. The van der Waals surface area contributed by atoms with Crippen molar-refractivity contribution in [2.24, 2.45) is 0 Å². The van der Waals surface area contributed by atoms with E-state index in [4.69, 9.17) is 11.6 Å². The van der Waals surface area contributed by atoms with Gasteiger partial charge >= 0.3 is 0 Å². The number of aryl methyl sites for hydroxylation is 1. The smallest absolute Gasteiger partial charge is 0.266 e. The first-order chi connectivity index (χ1) is 12.1. The van der Waals surface area contributed by atoms with Gasteiger partial charge in [-0.3, -0.25) is 4.79 Å². The fourth-order valence-electron chi connectivity index (χ4n) is 3.30. The number of nitrogens with one attached hydrogen (secondary N) is 1. The van der Waals surface area contributed by atoms with Crippen molar-refractivity contribution in [3.63, 3.8) is 0 Å². The summed E-state index contributed by atoms with van der Waals surface area (Å²) >= 11 is 7.69. The Kier molecular flexibility index (Phi) is 4.02. The number of phenols is 1. The average molecular weight is 370 g/mol. The third kappa shape index (κ3) is 2.62. The summed E-state index contributed by atoms with van der Waals surface area (Å²) in [5.74, 6) is 0.111. The van der Waals surface area contributed by atoms with Gasteiger partial charge in [-0.15, -0.1) is 11.3 Å². The molecule has 0 spiro atoms. The molecule has 4 rings (SSSR count). The monoisotopic (exact) mass is 369 g/mol. The highest BCUT2D eigenvalue weighted by molar-refractivity contribution is 7.17. The van der Waals surface area contributed by atoms with Gasteiger partial charge in [0.2, 0.25) is 0 Å². The van der Waals surface area contributed by atoms with E-state index in [2.05, 4.69) is 24.0 Å². The van der Waals surface area contributed by atoms with E-state index in [9.17, 15) is 9.90 Å². The van der Waals surface area contributed by atoms with Crippen LogP contribution in [0.15, 0.2) is 46.6 Å². The molecule has 0 amide bonds. The number of halogens is 1. The average Bonchev–Trinajstić information content (AvgIpc) is 3.08. The topological polar surface area (TPSA) is 53.1 Å². The van der Waals surface area contributed by atoms with E-state index in [1.165, 1.54) is 23.0 Å². The van der Waals surface area contributed by atoms with Crippen LogP contribution in [-0.2, 0) is 6.42 Å². The molecule has 0 bridgehead atoms. The zero-order valence-electron chi connectivity index (χ0n) is 13.6. The van der Waals surface area contributed by atoms with E-state index in [1.807, 2.05) is 23.6 Å². The Hall–Kier alpha value is -2.30. The molecule has 0 atom stereocenters. The van der Waals surface area contributed by atoms with Gasteiger partial charge in [-0.25, -0.2) is 0 Å². The number of phenolic OH excluding ortho intramolecular Hbond substituents is 1. The quantitative estimate of drug-likeness (QED) is 0.485. The summed E-state index contributed by atoms with van der Waals surface area (Å²) in [5, 5.41) is 14.4. The molecule has 0 saturated carbocycles. The molecule has 126 valence electrons. The van der Waals surface area contributed by atoms with Gasteiger partial charge in [0.15, 0.2) is 0 Å². The minimum atomic E-state index is -0.158. The summed E-state index contributed by atoms with van der Waals surface area (Å²) in [5.41, 5.74) is 3.26. The number of hydrogen-bond acceptors (Lipinski definition) is 3. The van der Waals surface area contributed by atoms with Crippen LogP contribution in [0.3, 0.4) is 0 Å². The first kappa shape index (κ1) is 16.2. The highest BCUT2D eigenvalue weighted by Gasteiger charge is 2.18. The van der Waals surface area contributed by atoms with Gasteiger partial charge in [-0.2, -0.15) is 0 Å². The van der Waals surface area contributed by atoms with E-state index in [-0.39, 0.29) is 11.3 Å². The van der Waals surface area contributed by atoms with Crippen molar-refractivity contribution in [1.29, 1.82) is 0 Å². The number of aromatic hydroxyl groups is 1. The molecule has 4 aromatic rings. The minimum Gasteiger partial charge on any atom is -0.507 e. The van der Waals surface area contributed by atoms with Crippen molar-refractivity contribution in [2.45, 2.75) is 19.8 Å². The number of fused-ring (bicyclic) bond motifs is 3. The number of rotatable bonds is 3. The number of aromatic nitrogens is 1. The van der Waals surface area contributed by atoms with E-state index in [0.717, 1.165) is 29.2 Å². The molecule has 0 fully saturated rings. The second-order valence-corrected chi connectivity index (χ2v) is 7.39. The maximum Gasteiger partial charge on any atom is 0.266 e. The third-order valence-electron chi connectivity index (χ3n) is 4.42. The van der Waals surface area contributed by atoms with Crippen molar-refractivity contribution in [3.05, 3.63) is 62.7 Å². The fraction of sp³-hybridized carbons (Fsp3) is 0.150. The standard InChI is InChI=1S/C20H16ClNO2S/c1-2-3-11-4-6-12(7-5-11)16-15(23)10-14(21)18-17(16)13-8-9-25-19(13)20(24)22-18/h4-10,23H,2-3H2,1H3,(H,22,24). The Morgan fingerprint density at radius 1 is 1.20 bits per heavy atom. The third-order valence-corrected chi connectivity index (χ3v) is 5.63. The fourth-order valence-corrected chi connectivity index (χ4v) is 4.34. The molecule has 0 radical (unpaired) electrons. The largest absolute Gasteiger partial charge is 0.507 e. The minimum absolute atomic E-state index is 0.111. The molecular weight excluding hydrogens is 354 g/mol. The van der Waals surface area contributed by atoms with Crippen molar-refractivity contribution >= 4 is 43.9 Å². The van der Waals surface area contributed by atoms with Crippen LogP contribution < -0.4 is 5.56 Å². The molecule has 5 heteroatoms. The van der Waals surface area contributed by atoms with Gasteiger partial charge in [0.05, 0.1) is 10.5 Å². The van der Waals surface area contributed by atoms with Gasteiger partial charge in [-0.05, 0) is 29.0 Å². The molecule has 0 aliphatic carbocycles. The van der Waals surface area contributed by atoms with Crippen molar-refractivity contribution < 1.29 is 5.11 Å². The van der Waals surface area contributed by atoms with E-state index < -0.39 is 0 Å². The molecule has 0 saturated heterocycles. The van der Waals surface area contributed by atoms with E-state index >= 15 is 0 Å². The second-order valence-electron chi connectivity index (χ2n) is 6.07. The molecule has 25 heavy (non-hydrogen) atoms. The van der Waals surface area contributed by atoms with Gasteiger partial charge in [0, 0.05) is 22.4 Å². The molecule has 2 heterocycles. The molecule has 0 aliphatic rings. The number of aromatic amines is 1. The zero-order chi connectivity index (χ0) is 17.6. The number of pyridine rings is 1. The van der Waals surface area contributed by atoms with Crippen LogP contribution in [0.5, 0.6) is 5.75 Å². The molecular formula is C20H16ClNO2S. The highest BCUT2D eigenvalue weighted by Crippen LogP contribution is 2.42. The van der Waals surface area contributed by atoms with Crippen LogP contribution >= 0.6 is 22.9 Å². The van der Waals surface area contributed by atoms with Crippen LogP contribution in [0.4, 0.5) is 0 Å². The normalized spacial score (nSPS) is 11.4. The Bertz CT molecular complexity index is 1140. The van der Waals surface area contributed by atoms with Crippen LogP contribution in [0, 0.1) is 0 Å². The van der Waals surface area contributed by atoms with Crippen LogP contribution in [0.25, 0.3) is 32.1 Å². The maximum atomic E-state index is 12.3. The molecule has 0 aliphatic heterocycles. The SMILES string of the molecule is CCCc1ccc(-c2c(O)cc(Cl)c3[nH]c(=O)c4sccc4c23)cc1. The lowest BCUT2D eigenvalue weighted by atomic mass is 9.96. The molecule has 2 N–H and O–H groups in total. The van der Waals surface area contributed by atoms with Gasteiger partial charge in [0.25, 0.3) is 5.56 Å². The van der Waals surface area contributed by atoms with Crippen molar-refractivity contribution in [3.8, 4) is 16.9 Å². The van der Waals surface area contributed by atoms with Gasteiger partial charge in [-0.1, -0.05) is 49.2 Å². The number of thiophene rings is 1. The second kappa shape index (κ2) is 6.21. The Morgan fingerprint density at radius 2 is 1.96 bits per heavy atom. The highest BCUT2D eigenvalue weighted by atomic mass is 35.5. The van der Waals surface area contributed by atoms with Crippen LogP contribution in [0.1, 0.15) is 18.9 Å². The lowest BCUT2D eigenvalue weighted by Crippen LogP contribution is -2.05. The van der Waals surface area contributed by atoms with E-state index in [0.29, 0.717) is 20.8 Å². The van der Waals surface area contributed by atoms with Gasteiger partial charge < -0.3 is 10.1 Å². The number of H-pyrrole nitrogens is 1. The van der Waals surface area contributed by atoms with Crippen LogP contribution in [-0.4, -0.2) is 10.1 Å². The molecule has 2 aromatic carbocycles. The Labute approximate surface area is 153 Å². The maximum absolute atomic E-state index is 12.3. The van der Waals surface area contributed by atoms with Crippen molar-refractivity contribution in [2.75, 3.05) is 0 Å². The first-order valence-electron chi connectivity index (χ1n) is 8.14. The molecule has 3 nitrogen and oxygen atoms in total. The Morgan fingerprint density at radius 3 is 2.68 bits per heavy atom. The summed E-state index contributed by atoms with van der Waals surface area (Å²) in [7, 11) is 0. The lowest BCUT2D eigenvalue weighted by Gasteiger charge is -2.12. The van der Waals surface area contributed by atoms with E-state index in [1.54, 1.807) is 0 Å². The number of benzene rings is 2. The Balaban J connectivity index is 2.09. The summed E-state index contributed by atoms with van der Waals surface area (Å²) in [6, 6.07) is 11.6. The predicted octanol–water partition coefficient (Wildman–Crippen LogP) is 5.72. The summed E-state index contributed by atoms with van der Waals surface area (Å²) in [4.78, 5) is 15.2. The molecule has 0 unspecified atom stereocenters. The lowest BCUT2D eigenvalue weighted by molar-refractivity contribution is 0.478. The van der Waals surface area contributed by atoms with Crippen molar-refractivity contribution in [1.82, 2.24) is 4.98 Å². The summed E-state index contributed by atoms with van der Waals surface area (Å²) in [6.07, 6.45) is 2.11. The summed E-state index contributed by atoms with van der Waals surface area (Å²) < 4.78 is 0.637. The predicted molar refractivity (Wildman–Crippen MR) is 106 cm³/mol. The molecule has 2 aromatic heterocycles. The van der Waals surface area contributed by atoms with Crippen LogP contribution in [0.2, 0.25) is 5.02 Å². The number of hydrogen-bond donors (Lipinski definition) is 2.